The van der Waals surface area contributed by atoms with Crippen LogP contribution in [0.3, 0.4) is 0 Å². The largest absolute Gasteiger partial charge is 0.372 e. The van der Waals surface area contributed by atoms with Gasteiger partial charge in [0.1, 0.15) is 5.82 Å². The van der Waals surface area contributed by atoms with Crippen molar-refractivity contribution >= 4 is 16.6 Å². The summed E-state index contributed by atoms with van der Waals surface area (Å²) in [5, 5.41) is 5.72. The minimum Gasteiger partial charge on any atom is -0.372 e. The molecule has 1 aromatic heterocycles. The van der Waals surface area contributed by atoms with E-state index in [9.17, 15) is 0 Å². The monoisotopic (exact) mass is 285 g/mol. The predicted molar refractivity (Wildman–Crippen MR) is 86.8 cm³/mol. The molecule has 0 amide bonds. The van der Waals surface area contributed by atoms with E-state index in [0.717, 1.165) is 32.1 Å². The van der Waals surface area contributed by atoms with Crippen molar-refractivity contribution in [2.24, 2.45) is 0 Å². The van der Waals surface area contributed by atoms with Crippen molar-refractivity contribution in [3.63, 3.8) is 0 Å². The highest BCUT2D eigenvalue weighted by Crippen LogP contribution is 2.30. The van der Waals surface area contributed by atoms with Gasteiger partial charge in [-0.2, -0.15) is 0 Å². The summed E-state index contributed by atoms with van der Waals surface area (Å²) in [6.07, 6.45) is 2.00. The number of nitrogens with one attached hydrogen (secondary N) is 1. The van der Waals surface area contributed by atoms with E-state index in [-0.39, 0.29) is 5.60 Å². The van der Waals surface area contributed by atoms with Gasteiger partial charge in [-0.05, 0) is 31.8 Å². The average Bonchev–Trinajstić information content (AvgIpc) is 2.47. The number of hydrogen-bond donors (Lipinski definition) is 1. The molecule has 0 atom stereocenters. The van der Waals surface area contributed by atoms with E-state index in [4.69, 9.17) is 9.72 Å². The lowest BCUT2D eigenvalue weighted by molar-refractivity contribution is -0.0278. The molecule has 2 aromatic rings. The Balaban J connectivity index is 2.05. The molecule has 0 radical (unpaired) electrons. The smallest absolute Gasteiger partial charge is 0.136 e. The average molecular weight is 285 g/mol. The van der Waals surface area contributed by atoms with Crippen LogP contribution in [0.2, 0.25) is 0 Å². The summed E-state index contributed by atoms with van der Waals surface area (Å²) >= 11 is 0. The number of aromatic nitrogens is 1. The summed E-state index contributed by atoms with van der Waals surface area (Å²) in [5.74, 6) is 1.07. The van der Waals surface area contributed by atoms with Crippen LogP contribution in [0.25, 0.3) is 10.8 Å². The molecule has 0 spiro atoms. The standard InChI is InChI=1S/C17H23N3O/c1-17(2)12-20(8-9-21-17)16-15-7-5-4-6-14(15)13(10-18-3)11-19-16/h4-7,11,18H,8-10,12H2,1-3H3. The Hall–Kier alpha value is -1.65. The topological polar surface area (TPSA) is 37.4 Å². The molecule has 4 heteroatoms. The summed E-state index contributed by atoms with van der Waals surface area (Å²) in [4.78, 5) is 7.09. The molecule has 0 bridgehead atoms. The number of benzene rings is 1. The Morgan fingerprint density at radius 1 is 1.29 bits per heavy atom. The van der Waals surface area contributed by atoms with Gasteiger partial charge in [0.2, 0.25) is 0 Å². The van der Waals surface area contributed by atoms with Gasteiger partial charge in [0.15, 0.2) is 0 Å². The maximum atomic E-state index is 5.81. The van der Waals surface area contributed by atoms with Gasteiger partial charge < -0.3 is 15.0 Å². The molecule has 21 heavy (non-hydrogen) atoms. The second-order valence-corrected chi connectivity index (χ2v) is 6.21. The normalized spacial score (nSPS) is 18.1. The molecule has 1 N–H and O–H groups in total. The van der Waals surface area contributed by atoms with Gasteiger partial charge in [-0.3, -0.25) is 0 Å². The van der Waals surface area contributed by atoms with Gasteiger partial charge in [-0.1, -0.05) is 24.3 Å². The summed E-state index contributed by atoms with van der Waals surface area (Å²) in [5.41, 5.74) is 1.12. The van der Waals surface area contributed by atoms with Gasteiger partial charge in [0.05, 0.1) is 12.2 Å². The Kier molecular flexibility index (Phi) is 3.83. The number of hydrogen-bond acceptors (Lipinski definition) is 4. The zero-order valence-electron chi connectivity index (χ0n) is 13.0. The van der Waals surface area contributed by atoms with Crippen molar-refractivity contribution in [3.05, 3.63) is 36.0 Å². The molecule has 1 saturated heterocycles. The molecule has 1 aromatic carbocycles. The van der Waals surface area contributed by atoms with Crippen LogP contribution in [0.5, 0.6) is 0 Å². The summed E-state index contributed by atoms with van der Waals surface area (Å²) in [7, 11) is 1.97. The first-order valence-corrected chi connectivity index (χ1v) is 7.51. The lowest BCUT2D eigenvalue weighted by Gasteiger charge is -2.39. The fourth-order valence-electron chi connectivity index (χ4n) is 3.02. The Bertz CT molecular complexity index is 639. The van der Waals surface area contributed by atoms with Crippen molar-refractivity contribution in [2.45, 2.75) is 26.0 Å². The lowest BCUT2D eigenvalue weighted by Crippen LogP contribution is -2.48. The number of nitrogens with zero attached hydrogens (tertiary/aromatic N) is 2. The molecule has 4 nitrogen and oxygen atoms in total. The molecule has 1 fully saturated rings. The van der Waals surface area contributed by atoms with E-state index in [1.165, 1.54) is 16.3 Å². The SMILES string of the molecule is CNCc1cnc(N2CCOC(C)(C)C2)c2ccccc12. The molecule has 2 heterocycles. The zero-order valence-corrected chi connectivity index (χ0v) is 13.0. The van der Waals surface area contributed by atoms with Crippen LogP contribution < -0.4 is 10.2 Å². The molecule has 0 aliphatic carbocycles. The highest BCUT2D eigenvalue weighted by molar-refractivity contribution is 5.94. The van der Waals surface area contributed by atoms with Crippen molar-refractivity contribution < 1.29 is 4.74 Å². The molecule has 3 rings (SSSR count). The number of ether oxygens (including phenoxy) is 1. The third-order valence-electron chi connectivity index (χ3n) is 3.95. The van der Waals surface area contributed by atoms with Crippen LogP contribution in [0, 0.1) is 0 Å². The number of rotatable bonds is 3. The van der Waals surface area contributed by atoms with E-state index in [1.54, 1.807) is 0 Å². The number of morpholine rings is 1. The maximum Gasteiger partial charge on any atom is 0.136 e. The van der Waals surface area contributed by atoms with Gasteiger partial charge in [0, 0.05) is 31.2 Å². The quantitative estimate of drug-likeness (QED) is 0.940. The zero-order chi connectivity index (χ0) is 14.9. The third kappa shape index (κ3) is 2.87. The number of fused-ring (bicyclic) bond motifs is 1. The van der Waals surface area contributed by atoms with E-state index in [1.807, 2.05) is 13.2 Å². The van der Waals surface area contributed by atoms with Crippen LogP contribution in [-0.2, 0) is 11.3 Å². The van der Waals surface area contributed by atoms with Crippen LogP contribution in [-0.4, -0.2) is 37.3 Å². The summed E-state index contributed by atoms with van der Waals surface area (Å²) in [6.45, 7) is 7.62. The van der Waals surface area contributed by atoms with E-state index >= 15 is 0 Å². The second-order valence-electron chi connectivity index (χ2n) is 6.21. The molecule has 1 aliphatic heterocycles. The van der Waals surface area contributed by atoms with Crippen LogP contribution in [0.15, 0.2) is 30.5 Å². The van der Waals surface area contributed by atoms with Gasteiger partial charge >= 0.3 is 0 Å². The number of pyridine rings is 1. The molecule has 112 valence electrons. The first kappa shape index (κ1) is 14.3. The highest BCUT2D eigenvalue weighted by Gasteiger charge is 2.28. The van der Waals surface area contributed by atoms with Crippen molar-refractivity contribution in [2.75, 3.05) is 31.6 Å². The van der Waals surface area contributed by atoms with E-state index in [2.05, 4.69) is 48.3 Å². The molecule has 0 saturated carbocycles. The maximum absolute atomic E-state index is 5.81. The lowest BCUT2D eigenvalue weighted by atomic mass is 10.0. The van der Waals surface area contributed by atoms with Crippen LogP contribution in [0.4, 0.5) is 5.82 Å². The minimum atomic E-state index is -0.120. The van der Waals surface area contributed by atoms with Gasteiger partial charge in [0.25, 0.3) is 0 Å². The van der Waals surface area contributed by atoms with E-state index < -0.39 is 0 Å². The van der Waals surface area contributed by atoms with Gasteiger partial charge in [-0.15, -0.1) is 0 Å². The van der Waals surface area contributed by atoms with E-state index in [0.29, 0.717) is 0 Å². The van der Waals surface area contributed by atoms with Gasteiger partial charge in [-0.25, -0.2) is 4.98 Å². The first-order valence-electron chi connectivity index (χ1n) is 7.51. The minimum absolute atomic E-state index is 0.120. The molecule has 0 unspecified atom stereocenters. The van der Waals surface area contributed by atoms with Crippen molar-refractivity contribution in [3.8, 4) is 0 Å². The first-order chi connectivity index (χ1) is 10.1. The fraction of sp³-hybridized carbons (Fsp3) is 0.471. The number of anilines is 1. The van der Waals surface area contributed by atoms with Crippen molar-refractivity contribution in [1.82, 2.24) is 10.3 Å². The Labute approximate surface area is 126 Å². The van der Waals surface area contributed by atoms with Crippen LogP contribution >= 0.6 is 0 Å². The second kappa shape index (κ2) is 5.62. The van der Waals surface area contributed by atoms with Crippen molar-refractivity contribution in [1.29, 1.82) is 0 Å². The predicted octanol–water partition coefficient (Wildman–Crippen LogP) is 2.57. The Morgan fingerprint density at radius 2 is 2.05 bits per heavy atom. The summed E-state index contributed by atoms with van der Waals surface area (Å²) < 4.78 is 5.81. The molecular formula is C17H23N3O. The fourth-order valence-corrected chi connectivity index (χ4v) is 3.02. The summed E-state index contributed by atoms with van der Waals surface area (Å²) in [6, 6.07) is 8.52. The molecule has 1 aliphatic rings. The third-order valence-corrected chi connectivity index (χ3v) is 3.95. The Morgan fingerprint density at radius 3 is 2.76 bits per heavy atom. The van der Waals surface area contributed by atoms with Crippen LogP contribution in [0.1, 0.15) is 19.4 Å². The highest BCUT2D eigenvalue weighted by atomic mass is 16.5. The molecular weight excluding hydrogens is 262 g/mol.